The molecular weight excluding hydrogens is 340 g/mol. The summed E-state index contributed by atoms with van der Waals surface area (Å²) in [7, 11) is 0. The number of amides is 1. The van der Waals surface area contributed by atoms with E-state index in [0.29, 0.717) is 5.96 Å². The van der Waals surface area contributed by atoms with E-state index in [4.69, 9.17) is 16.5 Å². The van der Waals surface area contributed by atoms with Crippen molar-refractivity contribution in [1.29, 1.82) is 0 Å². The van der Waals surface area contributed by atoms with Crippen LogP contribution in [0.2, 0.25) is 0 Å². The lowest BCUT2D eigenvalue weighted by Gasteiger charge is -2.46. The van der Waals surface area contributed by atoms with Crippen LogP contribution >= 0.6 is 0 Å². The third-order valence-electron chi connectivity index (χ3n) is 5.72. The predicted octanol–water partition coefficient (Wildman–Crippen LogP) is 3.09. The van der Waals surface area contributed by atoms with Crippen molar-refractivity contribution in [1.82, 2.24) is 0 Å². The molecule has 7 nitrogen and oxygen atoms in total. The second-order valence-corrected chi connectivity index (χ2v) is 7.57. The minimum absolute atomic E-state index is 0.0210. The Morgan fingerprint density at radius 1 is 1.30 bits per heavy atom. The van der Waals surface area contributed by atoms with E-state index in [1.165, 1.54) is 6.42 Å². The average Bonchev–Trinajstić information content (AvgIpc) is 2.63. The molecule has 1 amide bonds. The van der Waals surface area contributed by atoms with Crippen LogP contribution in [0.5, 0.6) is 0 Å². The fraction of sp³-hybridized carbons (Fsp3) is 0.550. The highest BCUT2D eigenvalue weighted by Crippen LogP contribution is 2.41. The lowest BCUT2D eigenvalue weighted by molar-refractivity contribution is -0.119. The number of carbonyl (C=O) groups excluding carboxylic acids is 1. The minimum atomic E-state index is -0.488. The van der Waals surface area contributed by atoms with Crippen LogP contribution in [0, 0.1) is 12.8 Å². The van der Waals surface area contributed by atoms with Crippen molar-refractivity contribution in [2.45, 2.75) is 65.0 Å². The number of guanidine groups is 2. The topological polar surface area (TPSA) is 109 Å². The van der Waals surface area contributed by atoms with E-state index in [-0.39, 0.29) is 17.8 Å². The van der Waals surface area contributed by atoms with Gasteiger partial charge in [-0.3, -0.25) is 9.69 Å². The van der Waals surface area contributed by atoms with E-state index in [2.05, 4.69) is 10.3 Å². The zero-order chi connectivity index (χ0) is 19.6. The molecule has 1 spiro atoms. The maximum absolute atomic E-state index is 12.4. The van der Waals surface area contributed by atoms with Gasteiger partial charge in [-0.15, -0.1) is 0 Å². The second-order valence-electron chi connectivity index (χ2n) is 7.57. The number of anilines is 2. The molecule has 0 saturated heterocycles. The molecule has 1 unspecified atom stereocenters. The largest absolute Gasteiger partial charge is 0.369 e. The number of hydrogen-bond donors (Lipinski definition) is 3. The third kappa shape index (κ3) is 3.63. The van der Waals surface area contributed by atoms with Crippen LogP contribution in [0.4, 0.5) is 11.4 Å². The molecule has 0 radical (unpaired) electrons. The molecule has 1 aromatic carbocycles. The number of nitrogens with zero attached hydrogens (tertiary/aromatic N) is 3. The summed E-state index contributed by atoms with van der Waals surface area (Å²) in [6.07, 6.45) is 5.90. The molecule has 1 atom stereocenters. The summed E-state index contributed by atoms with van der Waals surface area (Å²) >= 11 is 0. The first-order valence-electron chi connectivity index (χ1n) is 9.78. The van der Waals surface area contributed by atoms with Crippen LogP contribution in [0.1, 0.15) is 57.9 Å². The zero-order valence-corrected chi connectivity index (χ0v) is 16.5. The van der Waals surface area contributed by atoms with E-state index in [0.717, 1.165) is 49.0 Å². The molecule has 5 N–H and O–H groups in total. The maximum atomic E-state index is 12.4. The Balaban J connectivity index is 2.00. The smallest absolute Gasteiger partial charge is 0.227 e. The normalized spacial score (nSPS) is 20.0. The van der Waals surface area contributed by atoms with E-state index in [9.17, 15) is 4.79 Å². The molecule has 1 fully saturated rings. The number of rotatable bonds is 4. The lowest BCUT2D eigenvalue weighted by atomic mass is 9.87. The van der Waals surface area contributed by atoms with Crippen molar-refractivity contribution in [2.24, 2.45) is 27.4 Å². The number of nitrogens with one attached hydrogen (secondary N) is 1. The molecule has 1 aromatic rings. The van der Waals surface area contributed by atoms with E-state index in [1.54, 1.807) is 0 Å². The van der Waals surface area contributed by atoms with Gasteiger partial charge in [-0.25, -0.2) is 4.99 Å². The molecule has 1 heterocycles. The van der Waals surface area contributed by atoms with Crippen LogP contribution in [0.3, 0.4) is 0 Å². The van der Waals surface area contributed by atoms with Gasteiger partial charge in [0.1, 0.15) is 5.66 Å². The van der Waals surface area contributed by atoms with Crippen LogP contribution in [-0.4, -0.2) is 23.5 Å². The number of nitrogens with two attached hydrogens (primary N) is 2. The van der Waals surface area contributed by atoms with Gasteiger partial charge in [0.15, 0.2) is 0 Å². The summed E-state index contributed by atoms with van der Waals surface area (Å²) in [5.41, 5.74) is 14.4. The van der Waals surface area contributed by atoms with Gasteiger partial charge in [-0.2, -0.15) is 4.99 Å². The Morgan fingerprint density at radius 2 is 2.00 bits per heavy atom. The van der Waals surface area contributed by atoms with Gasteiger partial charge in [-0.1, -0.05) is 26.3 Å². The molecule has 3 rings (SSSR count). The first kappa shape index (κ1) is 19.2. The Hall–Kier alpha value is -2.57. The molecule has 2 aliphatic rings. The highest BCUT2D eigenvalue weighted by atomic mass is 16.1. The maximum Gasteiger partial charge on any atom is 0.227 e. The highest BCUT2D eigenvalue weighted by molar-refractivity contribution is 6.06. The summed E-state index contributed by atoms with van der Waals surface area (Å²) in [5.74, 6) is 0.582. The Kier molecular flexibility index (Phi) is 5.39. The van der Waals surface area contributed by atoms with E-state index >= 15 is 0 Å². The average molecular weight is 371 g/mol. The van der Waals surface area contributed by atoms with Crippen molar-refractivity contribution in [3.8, 4) is 0 Å². The van der Waals surface area contributed by atoms with Crippen LogP contribution in [0.15, 0.2) is 28.2 Å². The van der Waals surface area contributed by atoms with Gasteiger partial charge in [0.2, 0.25) is 17.8 Å². The molecular formula is C20H30N6O. The Labute approximate surface area is 160 Å². The van der Waals surface area contributed by atoms with Gasteiger partial charge < -0.3 is 16.8 Å². The van der Waals surface area contributed by atoms with Gasteiger partial charge in [0, 0.05) is 11.6 Å². The summed E-state index contributed by atoms with van der Waals surface area (Å²) < 4.78 is 0. The predicted molar refractivity (Wildman–Crippen MR) is 111 cm³/mol. The number of hydrogen-bond acceptors (Lipinski definition) is 6. The molecule has 7 heteroatoms. The van der Waals surface area contributed by atoms with E-state index in [1.807, 2.05) is 43.9 Å². The van der Waals surface area contributed by atoms with Gasteiger partial charge in [0.25, 0.3) is 0 Å². The molecule has 1 aliphatic heterocycles. The van der Waals surface area contributed by atoms with Gasteiger partial charge in [-0.05, 0) is 56.7 Å². The molecule has 0 bridgehead atoms. The SMILES string of the molecule is CCC(C)C(=O)Nc1cccc(N2C(N)=NC(N)=NC23CCCCC3)c1C. The van der Waals surface area contributed by atoms with Crippen molar-refractivity contribution in [3.63, 3.8) is 0 Å². The summed E-state index contributed by atoms with van der Waals surface area (Å²) in [6.45, 7) is 5.93. The third-order valence-corrected chi connectivity index (χ3v) is 5.72. The molecule has 1 aliphatic carbocycles. The van der Waals surface area contributed by atoms with Crippen molar-refractivity contribution in [3.05, 3.63) is 23.8 Å². The monoisotopic (exact) mass is 370 g/mol. The number of benzene rings is 1. The zero-order valence-electron chi connectivity index (χ0n) is 16.5. The standard InChI is InChI=1S/C20H30N6O/c1-4-13(2)17(27)23-15-9-8-10-16(14(15)3)26-19(22)24-18(21)25-20(26)11-6-5-7-12-20/h8-10,13H,4-7,11-12H2,1-3H3,(H,23,27)(H4,21,22,24,25). The summed E-state index contributed by atoms with van der Waals surface area (Å²) in [4.78, 5) is 23.3. The van der Waals surface area contributed by atoms with Crippen LogP contribution in [0.25, 0.3) is 0 Å². The Bertz CT molecular complexity index is 779. The first-order valence-corrected chi connectivity index (χ1v) is 9.78. The summed E-state index contributed by atoms with van der Waals surface area (Å²) in [5, 5.41) is 3.05. The first-order chi connectivity index (χ1) is 12.9. The molecule has 146 valence electrons. The van der Waals surface area contributed by atoms with Crippen LogP contribution < -0.4 is 21.7 Å². The van der Waals surface area contributed by atoms with Crippen molar-refractivity contribution < 1.29 is 4.79 Å². The minimum Gasteiger partial charge on any atom is -0.369 e. The quantitative estimate of drug-likeness (QED) is 0.756. The van der Waals surface area contributed by atoms with Crippen molar-refractivity contribution in [2.75, 3.05) is 10.2 Å². The van der Waals surface area contributed by atoms with Crippen LogP contribution in [-0.2, 0) is 4.79 Å². The Morgan fingerprint density at radius 3 is 2.67 bits per heavy atom. The van der Waals surface area contributed by atoms with Gasteiger partial charge in [0.05, 0.1) is 5.69 Å². The fourth-order valence-electron chi connectivity index (χ4n) is 3.91. The number of carbonyl (C=O) groups is 1. The second kappa shape index (κ2) is 7.58. The van der Waals surface area contributed by atoms with E-state index < -0.39 is 5.66 Å². The summed E-state index contributed by atoms with van der Waals surface area (Å²) in [6, 6.07) is 5.85. The van der Waals surface area contributed by atoms with Crippen molar-refractivity contribution >= 4 is 29.2 Å². The van der Waals surface area contributed by atoms with Gasteiger partial charge >= 0.3 is 0 Å². The highest BCUT2D eigenvalue weighted by Gasteiger charge is 2.43. The molecule has 0 aromatic heterocycles. The molecule has 27 heavy (non-hydrogen) atoms. The molecule has 1 saturated carbocycles. The lowest BCUT2D eigenvalue weighted by Crippen LogP contribution is -2.58. The fourth-order valence-corrected chi connectivity index (χ4v) is 3.91. The number of aliphatic imine (C=N–C) groups is 2.